The number of nitrogens with one attached hydrogen (secondary N) is 2. The maximum atomic E-state index is 13.0. The third-order valence-electron chi connectivity index (χ3n) is 5.56. The van der Waals surface area contributed by atoms with Gasteiger partial charge in [0.1, 0.15) is 6.04 Å². The molecule has 3 N–H and O–H groups in total. The lowest BCUT2D eigenvalue weighted by molar-refractivity contribution is -0.124. The number of carbonyl (C=O) groups excluding carboxylic acids is 3. The van der Waals surface area contributed by atoms with Gasteiger partial charge in [-0.05, 0) is 11.1 Å². The zero-order valence-electron chi connectivity index (χ0n) is 18.5. The van der Waals surface area contributed by atoms with Crippen LogP contribution in [0.2, 0.25) is 0 Å². The van der Waals surface area contributed by atoms with Crippen LogP contribution in [0.15, 0.2) is 65.8 Å². The Hall–Kier alpha value is -3.81. The molecule has 0 spiro atoms. The number of benzene rings is 2. The fourth-order valence-electron chi connectivity index (χ4n) is 3.65. The molecule has 0 bridgehead atoms. The molecule has 2 aliphatic heterocycles. The van der Waals surface area contributed by atoms with E-state index in [1.807, 2.05) is 30.3 Å². The molecule has 2 heterocycles. The summed E-state index contributed by atoms with van der Waals surface area (Å²) in [5.74, 6) is -0.574. The van der Waals surface area contributed by atoms with Crippen LogP contribution in [-0.2, 0) is 15.1 Å². The number of hydrogen-bond acceptors (Lipinski definition) is 6. The van der Waals surface area contributed by atoms with Crippen LogP contribution in [-0.4, -0.2) is 83.6 Å². The van der Waals surface area contributed by atoms with Crippen LogP contribution in [0.3, 0.4) is 0 Å². The van der Waals surface area contributed by atoms with Crippen molar-refractivity contribution in [2.75, 3.05) is 26.2 Å². The van der Waals surface area contributed by atoms with E-state index >= 15 is 0 Å². The molecule has 2 fully saturated rings. The smallest absolute Gasteiger partial charge is 0.348 e. The second-order valence-electron chi connectivity index (χ2n) is 8.01. The summed E-state index contributed by atoms with van der Waals surface area (Å²) in [6, 6.07) is 14.6. The van der Waals surface area contributed by atoms with Crippen LogP contribution in [0.1, 0.15) is 17.2 Å². The molecule has 5 amide bonds. The van der Waals surface area contributed by atoms with Crippen molar-refractivity contribution in [2.24, 2.45) is 5.10 Å². The zero-order chi connectivity index (χ0) is 25.0. The van der Waals surface area contributed by atoms with Gasteiger partial charge < -0.3 is 10.6 Å². The van der Waals surface area contributed by atoms with E-state index in [4.69, 9.17) is 4.55 Å². The molecule has 2 aromatic carbocycles. The zero-order valence-corrected chi connectivity index (χ0v) is 19.3. The van der Waals surface area contributed by atoms with Gasteiger partial charge in [0.15, 0.2) is 0 Å². The Morgan fingerprint density at radius 3 is 2.29 bits per heavy atom. The number of hydrogen-bond donors (Lipinski definition) is 3. The number of carbonyl (C=O) groups is 3. The Balaban J connectivity index is 1.41. The summed E-state index contributed by atoms with van der Waals surface area (Å²) in [6.07, 6.45) is 1.52. The third-order valence-corrected chi connectivity index (χ3v) is 6.51. The quantitative estimate of drug-likeness (QED) is 0.378. The highest BCUT2D eigenvalue weighted by molar-refractivity contribution is 7.83. The van der Waals surface area contributed by atoms with E-state index in [9.17, 15) is 22.8 Å². The fourth-order valence-corrected chi connectivity index (χ4v) is 4.38. The molecule has 0 saturated carbocycles. The Labute approximate surface area is 202 Å². The highest BCUT2D eigenvalue weighted by Gasteiger charge is 2.39. The molecule has 1 unspecified atom stereocenters. The first kappa shape index (κ1) is 24.3. The summed E-state index contributed by atoms with van der Waals surface area (Å²) in [5.41, 5.74) is 1.28. The number of amides is 5. The van der Waals surface area contributed by atoms with Crippen molar-refractivity contribution >= 4 is 34.5 Å². The van der Waals surface area contributed by atoms with Gasteiger partial charge in [0.2, 0.25) is 5.91 Å². The molecular formula is C22H24N6O6S. The molecule has 2 aromatic rings. The Bertz CT molecular complexity index is 1220. The molecule has 12 nitrogen and oxygen atoms in total. The van der Waals surface area contributed by atoms with E-state index in [1.165, 1.54) is 11.2 Å². The lowest BCUT2D eigenvalue weighted by Gasteiger charge is -2.37. The molecule has 35 heavy (non-hydrogen) atoms. The van der Waals surface area contributed by atoms with Gasteiger partial charge in [-0.3, -0.25) is 9.35 Å². The van der Waals surface area contributed by atoms with Crippen molar-refractivity contribution < 1.29 is 27.4 Å². The van der Waals surface area contributed by atoms with E-state index in [-0.39, 0.29) is 26.2 Å². The largest absolute Gasteiger partial charge is 0.349 e. The first-order valence-electron chi connectivity index (χ1n) is 10.8. The van der Waals surface area contributed by atoms with E-state index in [0.29, 0.717) is 5.56 Å². The molecule has 184 valence electrons. The Kier molecular flexibility index (Phi) is 7.10. The van der Waals surface area contributed by atoms with Gasteiger partial charge in [-0.1, -0.05) is 60.7 Å². The Morgan fingerprint density at radius 1 is 1.03 bits per heavy atom. The van der Waals surface area contributed by atoms with Gasteiger partial charge >= 0.3 is 22.4 Å². The second kappa shape index (κ2) is 10.2. The number of imide groups is 1. The fraction of sp³-hybridized carbons (Fsp3) is 0.273. The van der Waals surface area contributed by atoms with Gasteiger partial charge in [-0.2, -0.15) is 17.8 Å². The topological polar surface area (TPSA) is 152 Å². The van der Waals surface area contributed by atoms with Crippen LogP contribution in [0, 0.1) is 0 Å². The molecule has 0 radical (unpaired) electrons. The van der Waals surface area contributed by atoms with E-state index in [1.54, 1.807) is 30.3 Å². The summed E-state index contributed by atoms with van der Waals surface area (Å²) in [5, 5.41) is 10.6. The van der Waals surface area contributed by atoms with Gasteiger partial charge in [0.05, 0.1) is 25.3 Å². The van der Waals surface area contributed by atoms with Crippen LogP contribution in [0.5, 0.6) is 0 Å². The predicted octanol–water partition coefficient (Wildman–Crippen LogP) is 0.812. The van der Waals surface area contributed by atoms with Crippen molar-refractivity contribution in [1.82, 2.24) is 24.8 Å². The van der Waals surface area contributed by atoms with Crippen molar-refractivity contribution in [3.05, 3.63) is 71.8 Å². The Morgan fingerprint density at radius 2 is 1.66 bits per heavy atom. The minimum absolute atomic E-state index is 0.0843. The predicted molar refractivity (Wildman–Crippen MR) is 126 cm³/mol. The normalized spacial score (nSPS) is 17.9. The van der Waals surface area contributed by atoms with Crippen molar-refractivity contribution in [3.8, 4) is 0 Å². The average Bonchev–Trinajstić information content (AvgIpc) is 3.18. The minimum Gasteiger partial charge on any atom is -0.349 e. The van der Waals surface area contributed by atoms with E-state index in [0.717, 1.165) is 14.8 Å². The SMILES string of the molecule is O=C(NC1CN(S(=O)(=O)O)C1)C(NC(=O)N1CCN(N=Cc2ccccc2)C1=O)c1ccccc1. The number of urea groups is 2. The number of hydrazone groups is 1. The van der Waals surface area contributed by atoms with Crippen molar-refractivity contribution in [3.63, 3.8) is 0 Å². The van der Waals surface area contributed by atoms with E-state index in [2.05, 4.69) is 15.7 Å². The monoisotopic (exact) mass is 500 g/mol. The second-order valence-corrected chi connectivity index (χ2v) is 9.42. The van der Waals surface area contributed by atoms with E-state index < -0.39 is 40.4 Å². The van der Waals surface area contributed by atoms with Crippen LogP contribution < -0.4 is 10.6 Å². The molecule has 2 aliphatic rings. The van der Waals surface area contributed by atoms with Gasteiger partial charge in [-0.25, -0.2) is 19.5 Å². The third kappa shape index (κ3) is 5.82. The lowest BCUT2D eigenvalue weighted by atomic mass is 10.0. The molecular weight excluding hydrogens is 476 g/mol. The summed E-state index contributed by atoms with van der Waals surface area (Å²) in [4.78, 5) is 39.6. The standard InChI is InChI=1S/C22H24N6O6S/c29-20(24-18-14-26(15-18)35(32,33)34)19(17-9-5-2-6-10-17)25-21(30)27-11-12-28(22(27)31)23-13-16-7-3-1-4-8-16/h1-10,13,18-19H,11-12,14-15H2,(H,24,29)(H,25,30)(H,32,33,34). The number of nitrogens with zero attached hydrogens (tertiary/aromatic N) is 4. The highest BCUT2D eigenvalue weighted by atomic mass is 32.2. The maximum Gasteiger partial charge on any atom is 0.348 e. The van der Waals surface area contributed by atoms with Crippen LogP contribution in [0.25, 0.3) is 0 Å². The van der Waals surface area contributed by atoms with Gasteiger partial charge in [0, 0.05) is 13.1 Å². The average molecular weight is 501 g/mol. The first-order chi connectivity index (χ1) is 16.7. The van der Waals surface area contributed by atoms with Crippen molar-refractivity contribution in [2.45, 2.75) is 12.1 Å². The van der Waals surface area contributed by atoms with Crippen LogP contribution >= 0.6 is 0 Å². The molecule has 1 atom stereocenters. The van der Waals surface area contributed by atoms with Gasteiger partial charge in [0.25, 0.3) is 0 Å². The summed E-state index contributed by atoms with van der Waals surface area (Å²) in [7, 11) is -4.32. The first-order valence-corrected chi connectivity index (χ1v) is 12.2. The lowest BCUT2D eigenvalue weighted by Crippen LogP contribution is -2.62. The van der Waals surface area contributed by atoms with Crippen molar-refractivity contribution in [1.29, 1.82) is 0 Å². The summed E-state index contributed by atoms with van der Waals surface area (Å²) >= 11 is 0. The van der Waals surface area contributed by atoms with Crippen LogP contribution in [0.4, 0.5) is 9.59 Å². The molecule has 13 heteroatoms. The summed E-state index contributed by atoms with van der Waals surface area (Å²) in [6.45, 7) is 0.120. The maximum absolute atomic E-state index is 13.0. The summed E-state index contributed by atoms with van der Waals surface area (Å²) < 4.78 is 32.1. The minimum atomic E-state index is -4.32. The molecule has 2 saturated heterocycles. The number of rotatable bonds is 7. The molecule has 4 rings (SSSR count). The molecule has 0 aromatic heterocycles. The van der Waals surface area contributed by atoms with Gasteiger partial charge in [-0.15, -0.1) is 0 Å². The highest BCUT2D eigenvalue weighted by Crippen LogP contribution is 2.18. The molecule has 0 aliphatic carbocycles.